The van der Waals surface area contributed by atoms with Gasteiger partial charge >= 0.3 is 0 Å². The van der Waals surface area contributed by atoms with E-state index < -0.39 is 0 Å². The van der Waals surface area contributed by atoms with Crippen LogP contribution in [-0.2, 0) is 11.3 Å². The fourth-order valence-electron chi connectivity index (χ4n) is 2.40. The SMILES string of the molecule is CN(Cc1ccc(C#CCO)cc1)CC1(C)COC1. The summed E-state index contributed by atoms with van der Waals surface area (Å²) >= 11 is 0. The standard InChI is InChI=1S/C16H21NO2/c1-16(12-19-13-16)11-17(2)10-15-7-5-14(6-8-15)4-3-9-18/h5-8,18H,9-13H2,1-2H3. The van der Waals surface area contributed by atoms with Gasteiger partial charge in [-0.1, -0.05) is 30.9 Å². The third kappa shape index (κ3) is 4.07. The lowest BCUT2D eigenvalue weighted by Crippen LogP contribution is -2.47. The summed E-state index contributed by atoms with van der Waals surface area (Å²) in [6, 6.07) is 8.19. The van der Waals surface area contributed by atoms with E-state index >= 15 is 0 Å². The molecule has 2 rings (SSSR count). The average Bonchev–Trinajstić information content (AvgIpc) is 2.36. The molecular weight excluding hydrogens is 238 g/mol. The van der Waals surface area contributed by atoms with Gasteiger partial charge in [-0.15, -0.1) is 0 Å². The third-order valence-corrected chi connectivity index (χ3v) is 3.27. The monoisotopic (exact) mass is 259 g/mol. The molecule has 3 nitrogen and oxygen atoms in total. The quantitative estimate of drug-likeness (QED) is 0.832. The Labute approximate surface area is 115 Å². The summed E-state index contributed by atoms with van der Waals surface area (Å²) in [6.07, 6.45) is 0. The van der Waals surface area contributed by atoms with E-state index in [1.165, 1.54) is 5.56 Å². The van der Waals surface area contributed by atoms with Gasteiger partial charge < -0.3 is 14.7 Å². The summed E-state index contributed by atoms with van der Waals surface area (Å²) in [4.78, 5) is 2.33. The molecule has 102 valence electrons. The number of ether oxygens (including phenoxy) is 1. The first kappa shape index (κ1) is 14.1. The number of hydrogen-bond donors (Lipinski definition) is 1. The van der Waals surface area contributed by atoms with E-state index in [0.717, 1.165) is 31.9 Å². The first-order valence-electron chi connectivity index (χ1n) is 6.56. The highest BCUT2D eigenvalue weighted by atomic mass is 16.5. The maximum Gasteiger partial charge on any atom is 0.104 e. The van der Waals surface area contributed by atoms with Crippen LogP contribution in [0, 0.1) is 17.3 Å². The first-order chi connectivity index (χ1) is 9.11. The van der Waals surface area contributed by atoms with Crippen LogP contribution >= 0.6 is 0 Å². The maximum atomic E-state index is 8.65. The molecule has 0 aromatic heterocycles. The Morgan fingerprint density at radius 1 is 1.32 bits per heavy atom. The first-order valence-corrected chi connectivity index (χ1v) is 6.56. The molecule has 0 atom stereocenters. The van der Waals surface area contributed by atoms with Gasteiger partial charge in [0.25, 0.3) is 0 Å². The second-order valence-electron chi connectivity index (χ2n) is 5.63. The van der Waals surface area contributed by atoms with Crippen molar-refractivity contribution in [3.8, 4) is 11.8 Å². The Kier molecular flexibility index (Phi) is 4.60. The van der Waals surface area contributed by atoms with Crippen LogP contribution in [0.3, 0.4) is 0 Å². The summed E-state index contributed by atoms with van der Waals surface area (Å²) in [5, 5.41) is 8.65. The van der Waals surface area contributed by atoms with E-state index in [0.29, 0.717) is 5.41 Å². The largest absolute Gasteiger partial charge is 0.384 e. The fourth-order valence-corrected chi connectivity index (χ4v) is 2.40. The van der Waals surface area contributed by atoms with E-state index in [1.807, 2.05) is 12.1 Å². The highest BCUT2D eigenvalue weighted by molar-refractivity contribution is 5.36. The number of hydrogen-bond acceptors (Lipinski definition) is 3. The van der Waals surface area contributed by atoms with Gasteiger partial charge in [0.15, 0.2) is 0 Å². The van der Waals surface area contributed by atoms with Crippen LogP contribution in [-0.4, -0.2) is 43.4 Å². The van der Waals surface area contributed by atoms with Crippen LogP contribution < -0.4 is 0 Å². The molecule has 1 aliphatic heterocycles. The van der Waals surface area contributed by atoms with E-state index in [1.54, 1.807) is 0 Å². The van der Waals surface area contributed by atoms with Crippen molar-refractivity contribution in [3.63, 3.8) is 0 Å². The Morgan fingerprint density at radius 3 is 2.53 bits per heavy atom. The molecule has 1 N–H and O–H groups in total. The molecule has 1 heterocycles. The molecule has 1 fully saturated rings. The Bertz CT molecular complexity index is 466. The van der Waals surface area contributed by atoms with Gasteiger partial charge in [-0.05, 0) is 24.7 Å². The molecule has 1 aromatic rings. The molecule has 0 unspecified atom stereocenters. The third-order valence-electron chi connectivity index (χ3n) is 3.27. The van der Waals surface area contributed by atoms with Gasteiger partial charge in [-0.3, -0.25) is 0 Å². The smallest absolute Gasteiger partial charge is 0.104 e. The van der Waals surface area contributed by atoms with Crippen molar-refractivity contribution in [3.05, 3.63) is 35.4 Å². The van der Waals surface area contributed by atoms with Crippen LogP contribution in [0.2, 0.25) is 0 Å². The van der Waals surface area contributed by atoms with Crippen molar-refractivity contribution in [1.29, 1.82) is 0 Å². The molecule has 0 bridgehead atoms. The lowest BCUT2D eigenvalue weighted by atomic mass is 9.88. The van der Waals surface area contributed by atoms with Gasteiger partial charge in [0, 0.05) is 24.1 Å². The molecule has 0 saturated carbocycles. The lowest BCUT2D eigenvalue weighted by molar-refractivity contribution is -0.113. The van der Waals surface area contributed by atoms with Crippen LogP contribution in [0.5, 0.6) is 0 Å². The Hall–Kier alpha value is -1.34. The second kappa shape index (κ2) is 6.21. The number of aliphatic hydroxyl groups is 1. The van der Waals surface area contributed by atoms with Crippen molar-refractivity contribution in [1.82, 2.24) is 4.90 Å². The van der Waals surface area contributed by atoms with Gasteiger partial charge in [0.2, 0.25) is 0 Å². The zero-order valence-electron chi connectivity index (χ0n) is 11.6. The van der Waals surface area contributed by atoms with Gasteiger partial charge in [0.1, 0.15) is 6.61 Å². The minimum Gasteiger partial charge on any atom is -0.384 e. The minimum atomic E-state index is -0.0921. The Morgan fingerprint density at radius 2 is 2.00 bits per heavy atom. The van der Waals surface area contributed by atoms with Crippen LogP contribution in [0.4, 0.5) is 0 Å². The van der Waals surface area contributed by atoms with Crippen molar-refractivity contribution < 1.29 is 9.84 Å². The average molecular weight is 259 g/mol. The molecule has 1 aliphatic rings. The highest BCUT2D eigenvalue weighted by Crippen LogP contribution is 2.27. The molecule has 19 heavy (non-hydrogen) atoms. The topological polar surface area (TPSA) is 32.7 Å². The van der Waals surface area contributed by atoms with E-state index in [9.17, 15) is 0 Å². The Balaban J connectivity index is 1.88. The van der Waals surface area contributed by atoms with Crippen molar-refractivity contribution in [2.24, 2.45) is 5.41 Å². The predicted octanol–water partition coefficient (Wildman–Crippen LogP) is 1.50. The van der Waals surface area contributed by atoms with Gasteiger partial charge in [-0.25, -0.2) is 0 Å². The molecule has 0 aliphatic carbocycles. The van der Waals surface area contributed by atoms with E-state index in [2.05, 4.69) is 42.8 Å². The molecular formula is C16H21NO2. The lowest BCUT2D eigenvalue weighted by Gasteiger charge is -2.40. The number of nitrogens with zero attached hydrogens (tertiary/aromatic N) is 1. The summed E-state index contributed by atoms with van der Waals surface area (Å²) in [7, 11) is 2.14. The number of rotatable bonds is 4. The van der Waals surface area contributed by atoms with Crippen molar-refractivity contribution >= 4 is 0 Å². The van der Waals surface area contributed by atoms with E-state index in [-0.39, 0.29) is 6.61 Å². The molecule has 1 aromatic carbocycles. The molecule has 0 spiro atoms. The minimum absolute atomic E-state index is 0.0921. The van der Waals surface area contributed by atoms with Crippen molar-refractivity contribution in [2.45, 2.75) is 13.5 Å². The van der Waals surface area contributed by atoms with Crippen LogP contribution in [0.15, 0.2) is 24.3 Å². The summed E-state index contributed by atoms with van der Waals surface area (Å²) in [5.41, 5.74) is 2.54. The molecule has 0 amide bonds. The highest BCUT2D eigenvalue weighted by Gasteiger charge is 2.34. The maximum absolute atomic E-state index is 8.65. The zero-order valence-corrected chi connectivity index (χ0v) is 11.6. The molecule has 1 saturated heterocycles. The predicted molar refractivity (Wildman–Crippen MR) is 75.7 cm³/mol. The summed E-state index contributed by atoms with van der Waals surface area (Å²) in [5.74, 6) is 5.55. The van der Waals surface area contributed by atoms with Gasteiger partial charge in [0.05, 0.1) is 13.2 Å². The zero-order chi connectivity index (χ0) is 13.7. The number of benzene rings is 1. The van der Waals surface area contributed by atoms with Crippen molar-refractivity contribution in [2.75, 3.05) is 33.4 Å². The van der Waals surface area contributed by atoms with Gasteiger partial charge in [-0.2, -0.15) is 0 Å². The number of aliphatic hydroxyl groups excluding tert-OH is 1. The fraction of sp³-hybridized carbons (Fsp3) is 0.500. The molecule has 3 heteroatoms. The molecule has 0 radical (unpaired) electrons. The summed E-state index contributed by atoms with van der Waals surface area (Å²) < 4.78 is 5.28. The van der Waals surface area contributed by atoms with E-state index in [4.69, 9.17) is 9.84 Å². The van der Waals surface area contributed by atoms with Crippen LogP contribution in [0.25, 0.3) is 0 Å². The normalized spacial score (nSPS) is 16.6. The second-order valence-corrected chi connectivity index (χ2v) is 5.63. The summed E-state index contributed by atoms with van der Waals surface area (Å²) in [6.45, 7) is 5.90. The van der Waals surface area contributed by atoms with Crippen LogP contribution in [0.1, 0.15) is 18.1 Å².